The fraction of sp³-hybridized carbons (Fsp3) is 0.800. The fourth-order valence-electron chi connectivity index (χ4n) is 0.499. The van der Waals surface area contributed by atoms with Gasteiger partial charge in [0.25, 0.3) is 0 Å². The minimum absolute atomic E-state index is 3.49. The maximum atomic E-state index is 12.2. The third-order valence-electron chi connectivity index (χ3n) is 1.39. The molecule has 0 fully saturated rings. The Hall–Kier alpha value is -0.670. The minimum atomic E-state index is -6.98. The number of rotatable bonds is 4. The van der Waals surface area contributed by atoms with Crippen molar-refractivity contribution in [3.63, 3.8) is 0 Å². The summed E-state index contributed by atoms with van der Waals surface area (Å²) < 4.78 is 108. The van der Waals surface area contributed by atoms with E-state index in [9.17, 15) is 44.3 Å². The molecule has 0 spiro atoms. The van der Waals surface area contributed by atoms with E-state index in [1.165, 1.54) is 0 Å². The molecule has 0 radical (unpaired) electrons. The van der Waals surface area contributed by atoms with E-state index in [2.05, 4.69) is 11.6 Å². The van der Waals surface area contributed by atoms with E-state index < -0.39 is 29.2 Å². The number of hydrogen-bond acceptors (Lipinski definition) is 1. The first-order chi connectivity index (χ1) is 6.69. The molecule has 0 aliphatic heterocycles. The molecule has 1 nitrogen and oxygen atoms in total. The number of alkyl halides is 9. The van der Waals surface area contributed by atoms with Gasteiger partial charge < -0.3 is 0 Å². The van der Waals surface area contributed by atoms with E-state index in [1.54, 1.807) is 0 Å². The Morgan fingerprint density at radius 2 is 1.12 bits per heavy atom. The zero-order chi connectivity index (χ0) is 13.6. The molecule has 0 aromatic carbocycles. The predicted octanol–water partition coefficient (Wildman–Crippen LogP) is 3.22. The van der Waals surface area contributed by atoms with E-state index in [0.717, 1.165) is 0 Å². The molecular weight excluding hydrogens is 282 g/mol. The van der Waals surface area contributed by atoms with Crippen LogP contribution in [-0.2, 0) is 4.79 Å². The van der Waals surface area contributed by atoms with Gasteiger partial charge in [0, 0.05) is 0 Å². The van der Waals surface area contributed by atoms with E-state index >= 15 is 0 Å². The van der Waals surface area contributed by atoms with E-state index in [4.69, 9.17) is 0 Å². The van der Waals surface area contributed by atoms with Crippen LogP contribution in [0.5, 0.6) is 0 Å². The Labute approximate surface area is 86.2 Å². The monoisotopic (exact) mass is 282 g/mol. The molecule has 0 aliphatic rings. The van der Waals surface area contributed by atoms with Gasteiger partial charge in [-0.2, -0.15) is 39.5 Å². The summed E-state index contributed by atoms with van der Waals surface area (Å²) >= 11 is 3.49. The summed E-state index contributed by atoms with van der Waals surface area (Å²) in [7, 11) is 0. The average molecular weight is 282 g/mol. The highest BCUT2D eigenvalue weighted by atomic mass is 35.5. The zero-order valence-corrected chi connectivity index (χ0v) is 7.44. The Bertz CT molecular complexity index is 293. The second-order valence-corrected chi connectivity index (χ2v) is 2.97. The second kappa shape index (κ2) is 3.67. The molecule has 0 amide bonds. The molecule has 0 saturated carbocycles. The molecule has 0 aromatic heterocycles. The Kier molecular flexibility index (Phi) is 3.52. The smallest absolute Gasteiger partial charge is 0.254 e. The summed E-state index contributed by atoms with van der Waals surface area (Å²) in [6, 6.07) is -4.18. The highest BCUT2D eigenvalue weighted by molar-refractivity contribution is 6.22. The Morgan fingerprint density at radius 3 is 1.31 bits per heavy atom. The highest BCUT2D eigenvalue weighted by Gasteiger charge is 2.82. The lowest BCUT2D eigenvalue weighted by Gasteiger charge is -2.32. The zero-order valence-electron chi connectivity index (χ0n) is 6.69. The molecule has 0 aliphatic carbocycles. The molecule has 0 atom stereocenters. The number of carbonyl (C=O) groups is 1. The van der Waals surface area contributed by atoms with Crippen LogP contribution >= 0.6 is 11.6 Å². The molecule has 0 saturated heterocycles. The van der Waals surface area contributed by atoms with E-state index in [1.807, 2.05) is 0 Å². The van der Waals surface area contributed by atoms with Crippen LogP contribution in [0.2, 0.25) is 0 Å². The summed E-state index contributed by atoms with van der Waals surface area (Å²) in [6.07, 6.45) is 0. The van der Waals surface area contributed by atoms with Crippen LogP contribution < -0.4 is 0 Å². The van der Waals surface area contributed by atoms with E-state index in [0.29, 0.717) is 0 Å². The number of carbonyl (C=O) groups excluding carboxylic acids is 1. The third kappa shape index (κ3) is 1.94. The van der Waals surface area contributed by atoms with Gasteiger partial charge in [0.2, 0.25) is 0 Å². The van der Waals surface area contributed by atoms with Crippen molar-refractivity contribution in [3.8, 4) is 0 Å². The predicted molar refractivity (Wildman–Crippen MR) is 31.8 cm³/mol. The molecule has 16 heavy (non-hydrogen) atoms. The van der Waals surface area contributed by atoms with Crippen molar-refractivity contribution in [2.45, 2.75) is 23.1 Å². The van der Waals surface area contributed by atoms with E-state index in [-0.39, 0.29) is 0 Å². The molecular formula is C5ClF9O. The first kappa shape index (κ1) is 15.3. The first-order valence-electron chi connectivity index (χ1n) is 3.09. The average Bonchev–Trinajstić information content (AvgIpc) is 2.00. The van der Waals surface area contributed by atoms with Gasteiger partial charge in [0.1, 0.15) is 0 Å². The first-order valence-corrected chi connectivity index (χ1v) is 3.47. The van der Waals surface area contributed by atoms with Gasteiger partial charge in [-0.3, -0.25) is 4.79 Å². The molecule has 11 heteroatoms. The summed E-state index contributed by atoms with van der Waals surface area (Å²) in [6.45, 7) is 0. The maximum Gasteiger partial charge on any atom is 0.404 e. The van der Waals surface area contributed by atoms with Gasteiger partial charge in [0.05, 0.1) is 0 Å². The van der Waals surface area contributed by atoms with Gasteiger partial charge in [-0.25, -0.2) is 0 Å². The molecule has 0 heterocycles. The van der Waals surface area contributed by atoms with Crippen molar-refractivity contribution in [3.05, 3.63) is 0 Å². The summed E-state index contributed by atoms with van der Waals surface area (Å²) in [5.41, 5.74) is 0. The van der Waals surface area contributed by atoms with Crippen molar-refractivity contribution in [2.24, 2.45) is 0 Å². The van der Waals surface area contributed by atoms with Crippen LogP contribution in [-0.4, -0.2) is 29.2 Å². The SMILES string of the molecule is O=C(F)C(F)(F)C(F)(F)C(F)(F)C(F)(F)Cl. The van der Waals surface area contributed by atoms with Crippen molar-refractivity contribution >= 4 is 17.6 Å². The quantitative estimate of drug-likeness (QED) is 0.439. The Morgan fingerprint density at radius 1 is 0.812 bits per heavy atom. The molecule has 96 valence electrons. The van der Waals surface area contributed by atoms with Gasteiger partial charge in [-0.05, 0) is 11.6 Å². The summed E-state index contributed by atoms with van der Waals surface area (Å²) in [5, 5.41) is -6.09. The molecule has 0 aromatic rings. The fourth-order valence-corrected chi connectivity index (χ4v) is 0.617. The molecule has 0 rings (SSSR count). The lowest BCUT2D eigenvalue weighted by Crippen LogP contribution is -2.62. The van der Waals surface area contributed by atoms with Gasteiger partial charge in [0.15, 0.2) is 0 Å². The number of halogens is 10. The van der Waals surface area contributed by atoms with Crippen LogP contribution in [0.25, 0.3) is 0 Å². The maximum absolute atomic E-state index is 12.2. The van der Waals surface area contributed by atoms with Crippen LogP contribution in [0.3, 0.4) is 0 Å². The standard InChI is InChI=1S/C5ClF9O/c6-5(14,15)4(12,13)3(10,11)2(8,9)1(7)16. The molecule has 0 unspecified atom stereocenters. The lowest BCUT2D eigenvalue weighted by molar-refractivity contribution is -0.339. The van der Waals surface area contributed by atoms with Crippen LogP contribution in [0.15, 0.2) is 0 Å². The number of hydrogen-bond donors (Lipinski definition) is 0. The Balaban J connectivity index is 5.62. The third-order valence-corrected chi connectivity index (χ3v) is 1.63. The second-order valence-electron chi connectivity index (χ2n) is 2.49. The van der Waals surface area contributed by atoms with Crippen molar-refractivity contribution < 1.29 is 44.3 Å². The molecule has 0 bridgehead atoms. The highest BCUT2D eigenvalue weighted by Crippen LogP contribution is 2.54. The largest absolute Gasteiger partial charge is 0.404 e. The topological polar surface area (TPSA) is 17.1 Å². The van der Waals surface area contributed by atoms with Gasteiger partial charge >= 0.3 is 29.2 Å². The van der Waals surface area contributed by atoms with Crippen LogP contribution in [0.1, 0.15) is 0 Å². The van der Waals surface area contributed by atoms with Crippen LogP contribution in [0, 0.1) is 0 Å². The minimum Gasteiger partial charge on any atom is -0.254 e. The van der Waals surface area contributed by atoms with Gasteiger partial charge in [-0.15, -0.1) is 0 Å². The van der Waals surface area contributed by atoms with Crippen molar-refractivity contribution in [1.82, 2.24) is 0 Å². The van der Waals surface area contributed by atoms with Crippen molar-refractivity contribution in [1.29, 1.82) is 0 Å². The van der Waals surface area contributed by atoms with Crippen molar-refractivity contribution in [2.75, 3.05) is 0 Å². The molecule has 0 N–H and O–H groups in total. The van der Waals surface area contributed by atoms with Gasteiger partial charge in [-0.1, -0.05) is 0 Å². The normalized spacial score (nSPS) is 15.1. The summed E-state index contributed by atoms with van der Waals surface area (Å²) in [5.74, 6) is -20.4. The van der Waals surface area contributed by atoms with Crippen LogP contribution in [0.4, 0.5) is 39.5 Å². The summed E-state index contributed by atoms with van der Waals surface area (Å²) in [4.78, 5) is 9.37. The lowest BCUT2D eigenvalue weighted by atomic mass is 10.1.